The standard InChI is InChI=1S/C30H37N3O2/c1-32-22-27(21-31-32)25-9-5-6-23(18-25)20-30(13-16-33(17-14-30)15-11-29(34)35)12-10-26-19-28(26)24-7-3-2-4-8-24/h2-9,18,21-22,26,28H,10-17,19-20H2,1H3,(H,34,35)/t26-,28?/m1/s1. The van der Waals surface area contributed by atoms with Crippen molar-refractivity contribution in [1.29, 1.82) is 0 Å². The maximum Gasteiger partial charge on any atom is 0.304 e. The third-order valence-corrected chi connectivity index (χ3v) is 8.30. The number of aromatic nitrogens is 2. The Bertz CT molecular complexity index is 1130. The zero-order valence-corrected chi connectivity index (χ0v) is 20.8. The van der Waals surface area contributed by atoms with E-state index in [1.807, 2.05) is 17.9 Å². The lowest BCUT2D eigenvalue weighted by Gasteiger charge is -2.42. The highest BCUT2D eigenvalue weighted by molar-refractivity contribution is 5.66. The first-order chi connectivity index (χ1) is 17.0. The van der Waals surface area contributed by atoms with Crippen LogP contribution in [0.25, 0.3) is 11.1 Å². The molecule has 1 saturated heterocycles. The van der Waals surface area contributed by atoms with E-state index < -0.39 is 5.97 Å². The summed E-state index contributed by atoms with van der Waals surface area (Å²) >= 11 is 0. The number of aryl methyl sites for hydroxylation is 1. The van der Waals surface area contributed by atoms with Gasteiger partial charge in [-0.25, -0.2) is 0 Å². The number of nitrogens with zero attached hydrogens (tertiary/aromatic N) is 3. The molecule has 0 amide bonds. The summed E-state index contributed by atoms with van der Waals surface area (Å²) in [7, 11) is 1.96. The Balaban J connectivity index is 1.28. The summed E-state index contributed by atoms with van der Waals surface area (Å²) in [6, 6.07) is 20.0. The summed E-state index contributed by atoms with van der Waals surface area (Å²) in [5.41, 5.74) is 5.59. The zero-order chi connectivity index (χ0) is 24.3. The number of piperidine rings is 1. The minimum Gasteiger partial charge on any atom is -0.481 e. The maximum atomic E-state index is 11.1. The third kappa shape index (κ3) is 6.02. The first kappa shape index (κ1) is 23.8. The number of carboxylic acid groups (broad SMARTS) is 1. The van der Waals surface area contributed by atoms with Crippen LogP contribution in [0, 0.1) is 11.3 Å². The molecule has 3 aromatic rings. The van der Waals surface area contributed by atoms with Crippen molar-refractivity contribution >= 4 is 5.97 Å². The van der Waals surface area contributed by atoms with Gasteiger partial charge in [-0.1, -0.05) is 54.6 Å². The van der Waals surface area contributed by atoms with Crippen molar-refractivity contribution in [2.75, 3.05) is 19.6 Å². The molecule has 2 fully saturated rings. The molecule has 184 valence electrons. The van der Waals surface area contributed by atoms with Gasteiger partial charge in [-0.15, -0.1) is 0 Å². The summed E-state index contributed by atoms with van der Waals surface area (Å²) in [5.74, 6) is 0.841. The molecular weight excluding hydrogens is 434 g/mol. The van der Waals surface area contributed by atoms with Crippen LogP contribution in [0.3, 0.4) is 0 Å². The Labute approximate surface area is 208 Å². The highest BCUT2D eigenvalue weighted by Gasteiger charge is 2.41. The van der Waals surface area contributed by atoms with Crippen LogP contribution in [0.1, 0.15) is 55.6 Å². The van der Waals surface area contributed by atoms with Gasteiger partial charge >= 0.3 is 5.97 Å². The lowest BCUT2D eigenvalue weighted by molar-refractivity contribution is -0.137. The SMILES string of the molecule is Cn1cc(-c2cccc(CC3(CC[C@@H]4CC4c4ccccc4)CCN(CCC(=O)O)CC3)c2)cn1. The maximum absolute atomic E-state index is 11.1. The van der Waals surface area contributed by atoms with Crippen LogP contribution in [-0.4, -0.2) is 45.4 Å². The van der Waals surface area contributed by atoms with Crippen LogP contribution < -0.4 is 0 Å². The van der Waals surface area contributed by atoms with Crippen LogP contribution >= 0.6 is 0 Å². The second-order valence-electron chi connectivity index (χ2n) is 10.8. The summed E-state index contributed by atoms with van der Waals surface area (Å²) in [6.07, 6.45) is 11.5. The van der Waals surface area contributed by atoms with Gasteiger partial charge in [-0.3, -0.25) is 9.48 Å². The van der Waals surface area contributed by atoms with E-state index in [1.165, 1.54) is 36.0 Å². The van der Waals surface area contributed by atoms with E-state index in [0.717, 1.165) is 49.8 Å². The van der Waals surface area contributed by atoms with Gasteiger partial charge in [0.05, 0.1) is 12.6 Å². The molecule has 1 aliphatic heterocycles. The Morgan fingerprint density at radius 3 is 2.60 bits per heavy atom. The van der Waals surface area contributed by atoms with Crippen LogP contribution in [-0.2, 0) is 18.3 Å². The van der Waals surface area contributed by atoms with E-state index in [-0.39, 0.29) is 11.8 Å². The lowest BCUT2D eigenvalue weighted by Crippen LogP contribution is -2.42. The minimum atomic E-state index is -0.699. The highest BCUT2D eigenvalue weighted by atomic mass is 16.4. The van der Waals surface area contributed by atoms with Crippen molar-refractivity contribution in [3.8, 4) is 11.1 Å². The van der Waals surface area contributed by atoms with Gasteiger partial charge in [0.2, 0.25) is 0 Å². The summed E-state index contributed by atoms with van der Waals surface area (Å²) in [5, 5.41) is 13.4. The van der Waals surface area contributed by atoms with E-state index in [9.17, 15) is 4.79 Å². The van der Waals surface area contributed by atoms with Crippen molar-refractivity contribution in [2.45, 2.75) is 50.9 Å². The monoisotopic (exact) mass is 471 g/mol. The zero-order valence-electron chi connectivity index (χ0n) is 20.8. The largest absolute Gasteiger partial charge is 0.481 e. The molecule has 5 heteroatoms. The fourth-order valence-corrected chi connectivity index (χ4v) is 6.05. The Hall–Kier alpha value is -2.92. The number of aliphatic carboxylic acids is 1. The average molecular weight is 472 g/mol. The fraction of sp³-hybridized carbons (Fsp3) is 0.467. The molecule has 5 nitrogen and oxygen atoms in total. The fourth-order valence-electron chi connectivity index (χ4n) is 6.05. The quantitative estimate of drug-likeness (QED) is 0.408. The molecule has 1 saturated carbocycles. The van der Waals surface area contributed by atoms with Crippen molar-refractivity contribution < 1.29 is 9.90 Å². The number of carboxylic acids is 1. The van der Waals surface area contributed by atoms with Gasteiger partial charge in [-0.2, -0.15) is 5.10 Å². The van der Waals surface area contributed by atoms with Gasteiger partial charge in [0.15, 0.2) is 0 Å². The van der Waals surface area contributed by atoms with E-state index in [4.69, 9.17) is 5.11 Å². The van der Waals surface area contributed by atoms with Gasteiger partial charge in [-0.05, 0) is 85.6 Å². The summed E-state index contributed by atoms with van der Waals surface area (Å²) in [6.45, 7) is 2.67. The molecule has 1 aliphatic carbocycles. The van der Waals surface area contributed by atoms with Crippen molar-refractivity contribution in [3.05, 3.63) is 78.1 Å². The molecule has 1 unspecified atom stereocenters. The third-order valence-electron chi connectivity index (χ3n) is 8.30. The van der Waals surface area contributed by atoms with Crippen molar-refractivity contribution in [3.63, 3.8) is 0 Å². The van der Waals surface area contributed by atoms with Gasteiger partial charge < -0.3 is 10.0 Å². The number of hydrogen-bond donors (Lipinski definition) is 1. The highest BCUT2D eigenvalue weighted by Crippen LogP contribution is 2.52. The first-order valence-electron chi connectivity index (χ1n) is 13.1. The van der Waals surface area contributed by atoms with E-state index in [2.05, 4.69) is 70.8 Å². The molecule has 5 rings (SSSR count). The number of carbonyl (C=O) groups is 1. The first-order valence-corrected chi connectivity index (χ1v) is 13.1. The number of likely N-dealkylation sites (tertiary alicyclic amines) is 1. The predicted molar refractivity (Wildman–Crippen MR) is 139 cm³/mol. The summed E-state index contributed by atoms with van der Waals surface area (Å²) in [4.78, 5) is 13.4. The molecule has 0 spiro atoms. The lowest BCUT2D eigenvalue weighted by atomic mass is 9.70. The molecular formula is C30H37N3O2. The number of hydrogen-bond acceptors (Lipinski definition) is 3. The molecule has 2 atom stereocenters. The smallest absolute Gasteiger partial charge is 0.304 e. The molecule has 35 heavy (non-hydrogen) atoms. The van der Waals surface area contributed by atoms with E-state index in [0.29, 0.717) is 6.54 Å². The number of rotatable bonds is 10. The molecule has 1 aromatic heterocycles. The van der Waals surface area contributed by atoms with Crippen molar-refractivity contribution in [1.82, 2.24) is 14.7 Å². The molecule has 0 radical (unpaired) electrons. The molecule has 2 aliphatic rings. The molecule has 2 heterocycles. The second kappa shape index (κ2) is 10.4. The second-order valence-corrected chi connectivity index (χ2v) is 10.8. The minimum absolute atomic E-state index is 0.237. The van der Waals surface area contributed by atoms with Gasteiger partial charge in [0.25, 0.3) is 0 Å². The molecule has 1 N–H and O–H groups in total. The Morgan fingerprint density at radius 2 is 1.89 bits per heavy atom. The topological polar surface area (TPSA) is 58.4 Å². The van der Waals surface area contributed by atoms with E-state index >= 15 is 0 Å². The predicted octanol–water partition coefficient (Wildman–Crippen LogP) is 5.77. The molecule has 0 bridgehead atoms. The van der Waals surface area contributed by atoms with Gasteiger partial charge in [0.1, 0.15) is 0 Å². The van der Waals surface area contributed by atoms with Crippen LogP contribution in [0.4, 0.5) is 0 Å². The summed E-state index contributed by atoms with van der Waals surface area (Å²) < 4.78 is 1.86. The van der Waals surface area contributed by atoms with E-state index in [1.54, 1.807) is 0 Å². The Kier molecular flexibility index (Phi) is 7.05. The molecule has 2 aromatic carbocycles. The van der Waals surface area contributed by atoms with Gasteiger partial charge in [0, 0.05) is 25.4 Å². The van der Waals surface area contributed by atoms with Crippen LogP contribution in [0.15, 0.2) is 67.0 Å². The van der Waals surface area contributed by atoms with Crippen molar-refractivity contribution in [2.24, 2.45) is 18.4 Å². The van der Waals surface area contributed by atoms with Crippen LogP contribution in [0.2, 0.25) is 0 Å². The normalized spacial score (nSPS) is 21.6. The van der Waals surface area contributed by atoms with Crippen LogP contribution in [0.5, 0.6) is 0 Å². The number of benzene rings is 2. The Morgan fingerprint density at radius 1 is 1.09 bits per heavy atom. The average Bonchev–Trinajstić information content (AvgIpc) is 3.53.